The second-order valence-electron chi connectivity index (χ2n) is 4.82. The Morgan fingerprint density at radius 3 is 2.91 bits per heavy atom. The second kappa shape index (κ2) is 6.07. The number of nitrogens with zero attached hydrogens (tertiary/aromatic N) is 3. The maximum Gasteiger partial charge on any atom is 0.258 e. The number of aromatic nitrogens is 3. The molecule has 0 atom stereocenters. The molecule has 0 aliphatic rings. The lowest BCUT2D eigenvalue weighted by Crippen LogP contribution is -2.26. The minimum absolute atomic E-state index is 0.0841. The molecular formula is C15H14N4O2S. The molecule has 0 aliphatic heterocycles. The number of pyridine rings is 1. The summed E-state index contributed by atoms with van der Waals surface area (Å²) >= 11 is 1.43. The summed E-state index contributed by atoms with van der Waals surface area (Å²) in [6.45, 7) is 2.25. The summed E-state index contributed by atoms with van der Waals surface area (Å²) in [6.07, 6.45) is 3.73. The van der Waals surface area contributed by atoms with Crippen molar-refractivity contribution in [1.82, 2.24) is 19.7 Å². The molecule has 3 rings (SSSR count). The minimum atomic E-state index is -0.150. The number of fused-ring (bicyclic) bond motifs is 1. The van der Waals surface area contributed by atoms with E-state index < -0.39 is 0 Å². The van der Waals surface area contributed by atoms with Gasteiger partial charge in [0.2, 0.25) is 0 Å². The largest absolute Gasteiger partial charge is 0.352 e. The van der Waals surface area contributed by atoms with Crippen LogP contribution in [0.1, 0.15) is 21.7 Å². The van der Waals surface area contributed by atoms with Gasteiger partial charge in [0.05, 0.1) is 0 Å². The number of aryl methyl sites for hydroxylation is 1. The van der Waals surface area contributed by atoms with Crippen molar-refractivity contribution >= 4 is 22.2 Å². The highest BCUT2D eigenvalue weighted by molar-refractivity contribution is 7.15. The lowest BCUT2D eigenvalue weighted by molar-refractivity contribution is 0.0954. The van der Waals surface area contributed by atoms with Gasteiger partial charge in [0.15, 0.2) is 4.96 Å². The lowest BCUT2D eigenvalue weighted by atomic mass is 10.2. The summed E-state index contributed by atoms with van der Waals surface area (Å²) in [5.74, 6) is -0.150. The number of hydrogen-bond donors (Lipinski definition) is 1. The van der Waals surface area contributed by atoms with Crippen LogP contribution in [0.3, 0.4) is 0 Å². The van der Waals surface area contributed by atoms with E-state index in [4.69, 9.17) is 0 Å². The molecule has 0 bridgehead atoms. The molecular weight excluding hydrogens is 300 g/mol. The number of carbonyl (C=O) groups is 1. The van der Waals surface area contributed by atoms with Crippen molar-refractivity contribution in [2.75, 3.05) is 6.54 Å². The van der Waals surface area contributed by atoms with E-state index in [9.17, 15) is 9.59 Å². The Morgan fingerprint density at radius 2 is 2.14 bits per heavy atom. The van der Waals surface area contributed by atoms with Gasteiger partial charge >= 0.3 is 0 Å². The molecule has 0 spiro atoms. The van der Waals surface area contributed by atoms with E-state index >= 15 is 0 Å². The van der Waals surface area contributed by atoms with Crippen molar-refractivity contribution < 1.29 is 4.79 Å². The van der Waals surface area contributed by atoms with Gasteiger partial charge in [0.25, 0.3) is 11.5 Å². The zero-order valence-corrected chi connectivity index (χ0v) is 12.8. The molecule has 0 aromatic carbocycles. The molecule has 22 heavy (non-hydrogen) atoms. The van der Waals surface area contributed by atoms with Crippen LogP contribution in [-0.2, 0) is 6.42 Å². The second-order valence-corrected chi connectivity index (χ2v) is 5.66. The van der Waals surface area contributed by atoms with Gasteiger partial charge in [-0.3, -0.25) is 19.0 Å². The van der Waals surface area contributed by atoms with Gasteiger partial charge in [-0.25, -0.2) is 4.98 Å². The van der Waals surface area contributed by atoms with Crippen LogP contribution in [0.25, 0.3) is 4.96 Å². The smallest absolute Gasteiger partial charge is 0.258 e. The Kier molecular flexibility index (Phi) is 3.97. The van der Waals surface area contributed by atoms with Gasteiger partial charge in [-0.1, -0.05) is 0 Å². The van der Waals surface area contributed by atoms with Crippen LogP contribution in [0.5, 0.6) is 0 Å². The Labute approximate surface area is 130 Å². The van der Waals surface area contributed by atoms with E-state index in [-0.39, 0.29) is 11.5 Å². The zero-order valence-electron chi connectivity index (χ0n) is 11.9. The van der Waals surface area contributed by atoms with E-state index in [0.717, 1.165) is 5.69 Å². The summed E-state index contributed by atoms with van der Waals surface area (Å²) < 4.78 is 1.59. The van der Waals surface area contributed by atoms with Gasteiger partial charge in [0.1, 0.15) is 0 Å². The number of amides is 1. The molecule has 0 radical (unpaired) electrons. The molecule has 7 heteroatoms. The number of carbonyl (C=O) groups excluding carboxylic acids is 1. The first-order chi connectivity index (χ1) is 10.6. The van der Waals surface area contributed by atoms with Crippen molar-refractivity contribution in [1.29, 1.82) is 0 Å². The van der Waals surface area contributed by atoms with E-state index in [1.54, 1.807) is 35.9 Å². The highest BCUT2D eigenvalue weighted by Gasteiger charge is 2.09. The first-order valence-corrected chi connectivity index (χ1v) is 7.68. The molecule has 6 nitrogen and oxygen atoms in total. The third-order valence-electron chi connectivity index (χ3n) is 3.21. The van der Waals surface area contributed by atoms with Crippen LogP contribution in [-0.4, -0.2) is 26.8 Å². The van der Waals surface area contributed by atoms with Crippen LogP contribution in [0.2, 0.25) is 0 Å². The number of hydrogen-bond acceptors (Lipinski definition) is 5. The third kappa shape index (κ3) is 2.89. The maximum atomic E-state index is 12.0. The summed E-state index contributed by atoms with van der Waals surface area (Å²) in [5.41, 5.74) is 2.05. The molecule has 1 amide bonds. The van der Waals surface area contributed by atoms with Crippen molar-refractivity contribution in [2.24, 2.45) is 0 Å². The standard InChI is InChI=1S/C15H14N4O2S/c1-10-8-13(20)19-12(9-22-15(19)18-10)4-7-17-14(21)11-2-5-16-6-3-11/h2-3,5-6,8-9H,4,7H2,1H3,(H,17,21). The van der Waals surface area contributed by atoms with Gasteiger partial charge in [0, 0.05) is 53.8 Å². The van der Waals surface area contributed by atoms with E-state index in [1.807, 2.05) is 5.38 Å². The third-order valence-corrected chi connectivity index (χ3v) is 4.09. The summed E-state index contributed by atoms with van der Waals surface area (Å²) in [4.78, 5) is 32.9. The van der Waals surface area contributed by atoms with Crippen molar-refractivity contribution in [3.8, 4) is 0 Å². The molecule has 0 saturated carbocycles. The quantitative estimate of drug-likeness (QED) is 0.790. The van der Waals surface area contributed by atoms with Gasteiger partial charge in [-0.2, -0.15) is 0 Å². The number of nitrogens with one attached hydrogen (secondary N) is 1. The monoisotopic (exact) mass is 314 g/mol. The van der Waals surface area contributed by atoms with Crippen LogP contribution in [0.15, 0.2) is 40.8 Å². The van der Waals surface area contributed by atoms with Crippen molar-refractivity contribution in [2.45, 2.75) is 13.3 Å². The molecule has 3 aromatic rings. The maximum absolute atomic E-state index is 12.0. The predicted octanol–water partition coefficient (Wildman–Crippen LogP) is 1.43. The Hall–Kier alpha value is -2.54. The fourth-order valence-electron chi connectivity index (χ4n) is 2.17. The number of thiazole rings is 1. The average molecular weight is 314 g/mol. The Morgan fingerprint density at radius 1 is 1.36 bits per heavy atom. The first-order valence-electron chi connectivity index (χ1n) is 6.80. The normalized spacial score (nSPS) is 10.8. The van der Waals surface area contributed by atoms with E-state index in [0.29, 0.717) is 29.2 Å². The molecule has 112 valence electrons. The Balaban J connectivity index is 1.70. The summed E-state index contributed by atoms with van der Waals surface area (Å²) in [6, 6.07) is 4.83. The Bertz CT molecular complexity index is 870. The van der Waals surface area contributed by atoms with Gasteiger partial charge in [-0.15, -0.1) is 11.3 Å². The predicted molar refractivity (Wildman–Crippen MR) is 84.4 cm³/mol. The topological polar surface area (TPSA) is 76.4 Å². The van der Waals surface area contributed by atoms with E-state index in [1.165, 1.54) is 17.4 Å². The minimum Gasteiger partial charge on any atom is -0.352 e. The highest BCUT2D eigenvalue weighted by atomic mass is 32.1. The molecule has 0 fully saturated rings. The van der Waals surface area contributed by atoms with Crippen LogP contribution in [0.4, 0.5) is 0 Å². The summed E-state index contributed by atoms with van der Waals surface area (Å²) in [7, 11) is 0. The molecule has 0 unspecified atom stereocenters. The SMILES string of the molecule is Cc1cc(=O)n2c(CCNC(=O)c3ccncc3)csc2n1. The van der Waals surface area contributed by atoms with Crippen molar-refractivity contribution in [3.63, 3.8) is 0 Å². The molecule has 3 heterocycles. The lowest BCUT2D eigenvalue weighted by Gasteiger charge is -2.05. The fourth-order valence-corrected chi connectivity index (χ4v) is 3.14. The molecule has 1 N–H and O–H groups in total. The molecule has 0 aliphatic carbocycles. The zero-order chi connectivity index (χ0) is 15.5. The van der Waals surface area contributed by atoms with Crippen molar-refractivity contribution in [3.05, 3.63) is 63.3 Å². The average Bonchev–Trinajstić information content (AvgIpc) is 2.91. The highest BCUT2D eigenvalue weighted by Crippen LogP contribution is 2.12. The fraction of sp³-hybridized carbons (Fsp3) is 0.200. The van der Waals surface area contributed by atoms with Crippen LogP contribution < -0.4 is 10.9 Å². The number of rotatable bonds is 4. The van der Waals surface area contributed by atoms with Gasteiger partial charge in [-0.05, 0) is 19.1 Å². The molecule has 0 saturated heterocycles. The van der Waals surface area contributed by atoms with Gasteiger partial charge < -0.3 is 5.32 Å². The molecule has 3 aromatic heterocycles. The summed E-state index contributed by atoms with van der Waals surface area (Å²) in [5, 5.41) is 4.74. The van der Waals surface area contributed by atoms with Crippen LogP contribution >= 0.6 is 11.3 Å². The first kappa shape index (κ1) is 14.4. The van der Waals surface area contributed by atoms with E-state index in [2.05, 4.69) is 15.3 Å². The van der Waals surface area contributed by atoms with Crippen LogP contribution in [0, 0.1) is 6.92 Å².